The Morgan fingerprint density at radius 3 is 2.46 bits per heavy atom. The normalized spacial score (nSPS) is 11.2. The lowest BCUT2D eigenvalue weighted by Gasteiger charge is -2.13. The molecule has 0 aliphatic rings. The van der Waals surface area contributed by atoms with Crippen LogP contribution in [-0.2, 0) is 10.0 Å². The maximum Gasteiger partial charge on any atom is 0.275 e. The second-order valence-electron chi connectivity index (χ2n) is 5.12. The van der Waals surface area contributed by atoms with Gasteiger partial charge in [0.2, 0.25) is 0 Å². The highest BCUT2D eigenvalue weighted by Crippen LogP contribution is 2.32. The molecule has 0 saturated carbocycles. The Morgan fingerprint density at radius 2 is 1.88 bits per heavy atom. The van der Waals surface area contributed by atoms with Crippen LogP contribution < -0.4 is 9.46 Å². The molecule has 7 nitrogen and oxygen atoms in total. The molecule has 2 aromatic carbocycles. The van der Waals surface area contributed by atoms with Gasteiger partial charge in [-0.3, -0.25) is 14.8 Å². The molecule has 2 rings (SSSR count). The number of rotatable bonds is 5. The average molecular weight is 371 g/mol. The minimum absolute atomic E-state index is 0.000413. The third kappa shape index (κ3) is 3.60. The predicted molar refractivity (Wildman–Crippen MR) is 91.4 cm³/mol. The number of sulfonamides is 1. The zero-order valence-corrected chi connectivity index (χ0v) is 14.7. The van der Waals surface area contributed by atoms with Gasteiger partial charge in [0.1, 0.15) is 5.75 Å². The molecule has 0 saturated heterocycles. The Labute approximate surface area is 144 Å². The Balaban J connectivity index is 2.51. The summed E-state index contributed by atoms with van der Waals surface area (Å²) in [6.07, 6.45) is 0. The highest BCUT2D eigenvalue weighted by Gasteiger charge is 2.23. The van der Waals surface area contributed by atoms with Crippen LogP contribution in [0.25, 0.3) is 0 Å². The molecule has 9 heteroatoms. The molecule has 0 fully saturated rings. The monoisotopic (exact) mass is 370 g/mol. The Kier molecular flexibility index (Phi) is 5.00. The maximum absolute atomic E-state index is 12.5. The van der Waals surface area contributed by atoms with Crippen LogP contribution in [0.5, 0.6) is 5.75 Å². The molecule has 0 amide bonds. The number of nitro groups is 1. The first-order valence-corrected chi connectivity index (χ1v) is 8.64. The van der Waals surface area contributed by atoms with Crippen molar-refractivity contribution in [3.63, 3.8) is 0 Å². The van der Waals surface area contributed by atoms with Crippen LogP contribution in [0.2, 0.25) is 5.02 Å². The van der Waals surface area contributed by atoms with Crippen LogP contribution in [0.3, 0.4) is 0 Å². The lowest BCUT2D eigenvalue weighted by Crippen LogP contribution is -2.14. The third-order valence-corrected chi connectivity index (χ3v) is 5.14. The quantitative estimate of drug-likeness (QED) is 0.639. The van der Waals surface area contributed by atoms with Crippen molar-refractivity contribution in [2.24, 2.45) is 0 Å². The minimum Gasteiger partial charge on any atom is -0.495 e. The van der Waals surface area contributed by atoms with Crippen molar-refractivity contribution in [2.75, 3.05) is 11.8 Å². The second kappa shape index (κ2) is 6.66. The lowest BCUT2D eigenvalue weighted by molar-refractivity contribution is -0.385. The van der Waals surface area contributed by atoms with Gasteiger partial charge in [-0.15, -0.1) is 0 Å². The molecule has 0 aliphatic heterocycles. The number of methoxy groups -OCH3 is 1. The Bertz CT molecular complexity index is 912. The van der Waals surface area contributed by atoms with Gasteiger partial charge in [-0.2, -0.15) is 0 Å². The predicted octanol–water partition coefficient (Wildman–Crippen LogP) is 3.67. The SMILES string of the molecule is COc1cc(C)ccc1NS(=O)(=O)c1cc(Cl)c(C)c([N+](=O)[O-])c1. The van der Waals surface area contributed by atoms with Gasteiger partial charge in [-0.1, -0.05) is 17.7 Å². The van der Waals surface area contributed by atoms with Crippen LogP contribution in [0.4, 0.5) is 11.4 Å². The highest BCUT2D eigenvalue weighted by atomic mass is 35.5. The molecule has 0 radical (unpaired) electrons. The number of hydrogen-bond acceptors (Lipinski definition) is 5. The molecule has 24 heavy (non-hydrogen) atoms. The van der Waals surface area contributed by atoms with E-state index in [0.29, 0.717) is 5.75 Å². The van der Waals surface area contributed by atoms with Crippen LogP contribution in [0.15, 0.2) is 35.2 Å². The summed E-state index contributed by atoms with van der Waals surface area (Å²) in [7, 11) is -2.66. The summed E-state index contributed by atoms with van der Waals surface area (Å²) in [6, 6.07) is 7.08. The summed E-state index contributed by atoms with van der Waals surface area (Å²) in [5.74, 6) is 0.339. The molecule has 0 aliphatic carbocycles. The smallest absolute Gasteiger partial charge is 0.275 e. The molecule has 0 bridgehead atoms. The summed E-state index contributed by atoms with van der Waals surface area (Å²) < 4.78 is 32.6. The van der Waals surface area contributed by atoms with E-state index in [1.54, 1.807) is 18.2 Å². The van der Waals surface area contributed by atoms with Gasteiger partial charge in [-0.05, 0) is 37.6 Å². The van der Waals surface area contributed by atoms with Gasteiger partial charge >= 0.3 is 0 Å². The number of aryl methyl sites for hydroxylation is 1. The van der Waals surface area contributed by atoms with E-state index in [2.05, 4.69) is 4.72 Å². The van der Waals surface area contributed by atoms with Crippen molar-refractivity contribution in [3.8, 4) is 5.75 Å². The molecule has 0 unspecified atom stereocenters. The first-order chi connectivity index (χ1) is 11.2. The van der Waals surface area contributed by atoms with E-state index in [1.807, 2.05) is 6.92 Å². The van der Waals surface area contributed by atoms with Crippen molar-refractivity contribution < 1.29 is 18.1 Å². The van der Waals surface area contributed by atoms with Crippen LogP contribution in [0, 0.1) is 24.0 Å². The summed E-state index contributed by atoms with van der Waals surface area (Å²) in [5.41, 5.74) is 0.957. The minimum atomic E-state index is -4.07. The standard InChI is InChI=1S/C15H15ClN2O5S/c1-9-4-5-13(15(6-9)23-3)17-24(21,22)11-7-12(16)10(2)14(8-11)18(19)20/h4-8,17H,1-3H3. The molecule has 128 valence electrons. The molecular weight excluding hydrogens is 356 g/mol. The lowest BCUT2D eigenvalue weighted by atomic mass is 10.2. The van der Waals surface area contributed by atoms with Crippen LogP contribution >= 0.6 is 11.6 Å². The van der Waals surface area contributed by atoms with E-state index < -0.39 is 14.9 Å². The fraction of sp³-hybridized carbons (Fsp3) is 0.200. The van der Waals surface area contributed by atoms with E-state index in [9.17, 15) is 18.5 Å². The van der Waals surface area contributed by atoms with Crippen LogP contribution in [-0.4, -0.2) is 20.5 Å². The Hall–Kier alpha value is -2.32. The summed E-state index contributed by atoms with van der Waals surface area (Å²) >= 11 is 5.93. The van der Waals surface area contributed by atoms with E-state index in [0.717, 1.165) is 11.6 Å². The van der Waals surface area contributed by atoms with Gasteiger partial charge in [0.15, 0.2) is 0 Å². The first-order valence-electron chi connectivity index (χ1n) is 6.77. The number of nitrogens with one attached hydrogen (secondary N) is 1. The summed E-state index contributed by atoms with van der Waals surface area (Å²) in [5, 5.41) is 11.1. The van der Waals surface area contributed by atoms with E-state index in [1.165, 1.54) is 20.1 Å². The second-order valence-corrected chi connectivity index (χ2v) is 7.21. The third-order valence-electron chi connectivity index (χ3n) is 3.40. The number of anilines is 1. The maximum atomic E-state index is 12.5. The first kappa shape index (κ1) is 18.0. The fourth-order valence-electron chi connectivity index (χ4n) is 2.07. The number of nitro benzene ring substituents is 1. The number of ether oxygens (including phenoxy) is 1. The fourth-order valence-corrected chi connectivity index (χ4v) is 3.47. The van der Waals surface area contributed by atoms with E-state index in [-0.39, 0.29) is 26.9 Å². The van der Waals surface area contributed by atoms with Crippen molar-refractivity contribution >= 4 is 33.0 Å². The topological polar surface area (TPSA) is 98.5 Å². The van der Waals surface area contributed by atoms with Gasteiger partial charge < -0.3 is 4.74 Å². The van der Waals surface area contributed by atoms with Crippen molar-refractivity contribution in [1.29, 1.82) is 0 Å². The number of halogens is 1. The number of nitrogens with zero attached hydrogens (tertiary/aromatic N) is 1. The van der Waals surface area contributed by atoms with E-state index >= 15 is 0 Å². The Morgan fingerprint density at radius 1 is 1.21 bits per heavy atom. The van der Waals surface area contributed by atoms with Gasteiger partial charge in [0, 0.05) is 11.6 Å². The van der Waals surface area contributed by atoms with Crippen molar-refractivity contribution in [3.05, 3.63) is 56.6 Å². The van der Waals surface area contributed by atoms with Crippen molar-refractivity contribution in [1.82, 2.24) is 0 Å². The zero-order chi connectivity index (χ0) is 18.1. The van der Waals surface area contributed by atoms with Crippen molar-refractivity contribution in [2.45, 2.75) is 18.7 Å². The molecule has 0 atom stereocenters. The summed E-state index contributed by atoms with van der Waals surface area (Å²) in [6.45, 7) is 3.29. The van der Waals surface area contributed by atoms with Gasteiger partial charge in [0.25, 0.3) is 15.7 Å². The van der Waals surface area contributed by atoms with Crippen LogP contribution in [0.1, 0.15) is 11.1 Å². The average Bonchev–Trinajstić information content (AvgIpc) is 2.50. The molecule has 1 N–H and O–H groups in total. The number of benzene rings is 2. The van der Waals surface area contributed by atoms with Gasteiger partial charge in [0.05, 0.1) is 27.6 Å². The highest BCUT2D eigenvalue weighted by molar-refractivity contribution is 7.92. The zero-order valence-electron chi connectivity index (χ0n) is 13.2. The molecule has 0 spiro atoms. The number of hydrogen-bond donors (Lipinski definition) is 1. The van der Waals surface area contributed by atoms with Gasteiger partial charge in [-0.25, -0.2) is 8.42 Å². The molecular formula is C15H15ClN2O5S. The summed E-state index contributed by atoms with van der Waals surface area (Å²) in [4.78, 5) is 10.1. The largest absolute Gasteiger partial charge is 0.495 e. The molecule has 2 aromatic rings. The van der Waals surface area contributed by atoms with E-state index in [4.69, 9.17) is 16.3 Å². The molecule has 0 aromatic heterocycles. The molecule has 0 heterocycles.